The van der Waals surface area contributed by atoms with Gasteiger partial charge in [-0.05, 0) is 35.9 Å². The predicted molar refractivity (Wildman–Crippen MR) is 80.2 cm³/mol. The molecule has 1 aromatic heterocycles. The summed E-state index contributed by atoms with van der Waals surface area (Å²) >= 11 is 0. The Labute approximate surface area is 128 Å². The summed E-state index contributed by atoms with van der Waals surface area (Å²) in [6.07, 6.45) is 1.51. The van der Waals surface area contributed by atoms with Crippen LogP contribution in [-0.2, 0) is 16.8 Å². The number of benzene rings is 1. The van der Waals surface area contributed by atoms with Crippen molar-refractivity contribution in [2.24, 2.45) is 0 Å². The number of aromatic nitrogens is 1. The van der Waals surface area contributed by atoms with Crippen LogP contribution in [0.3, 0.4) is 0 Å². The fraction of sp³-hybridized carbons (Fsp3) is 0.214. The second-order valence-electron chi connectivity index (χ2n) is 4.67. The Bertz CT molecular complexity index is 733. The van der Waals surface area contributed by atoms with Gasteiger partial charge in [0.1, 0.15) is 11.6 Å². The summed E-state index contributed by atoms with van der Waals surface area (Å²) < 4.78 is 45.1. The number of nitrogens with one attached hydrogen (secondary N) is 1. The molecule has 22 heavy (non-hydrogen) atoms. The van der Waals surface area contributed by atoms with E-state index in [-0.39, 0.29) is 12.4 Å². The van der Waals surface area contributed by atoms with E-state index in [1.807, 2.05) is 0 Å². The first-order chi connectivity index (χ1) is 10.4. The van der Waals surface area contributed by atoms with Crippen LogP contribution < -0.4 is 9.46 Å². The third-order valence-electron chi connectivity index (χ3n) is 2.77. The van der Waals surface area contributed by atoms with Gasteiger partial charge in [-0.15, -0.1) is 0 Å². The molecule has 0 spiro atoms. The minimum atomic E-state index is -3.49. The van der Waals surface area contributed by atoms with E-state index in [0.717, 1.165) is 4.31 Å². The highest BCUT2D eigenvalue weighted by Gasteiger charge is 2.12. The number of halogens is 1. The van der Waals surface area contributed by atoms with Crippen molar-refractivity contribution >= 4 is 10.2 Å². The molecule has 2 rings (SSSR count). The summed E-state index contributed by atoms with van der Waals surface area (Å²) in [6, 6.07) is 8.82. The summed E-state index contributed by atoms with van der Waals surface area (Å²) in [5.41, 5.74) is 0.692. The maximum absolute atomic E-state index is 12.8. The van der Waals surface area contributed by atoms with Crippen LogP contribution in [0.2, 0.25) is 0 Å². The van der Waals surface area contributed by atoms with Crippen molar-refractivity contribution in [3.63, 3.8) is 0 Å². The molecule has 0 amide bonds. The monoisotopic (exact) mass is 325 g/mol. The molecule has 6 nitrogen and oxygen atoms in total. The van der Waals surface area contributed by atoms with E-state index in [0.29, 0.717) is 17.2 Å². The predicted octanol–water partition coefficient (Wildman–Crippen LogP) is 1.91. The van der Waals surface area contributed by atoms with Gasteiger partial charge in [0.15, 0.2) is 0 Å². The number of ether oxygens (including phenoxy) is 1. The minimum Gasteiger partial charge on any atom is -0.439 e. The molecule has 0 saturated heterocycles. The Kier molecular flexibility index (Phi) is 5.07. The van der Waals surface area contributed by atoms with Gasteiger partial charge in [0.05, 0.1) is 0 Å². The quantitative estimate of drug-likeness (QED) is 0.881. The van der Waals surface area contributed by atoms with Crippen molar-refractivity contribution < 1.29 is 17.5 Å². The van der Waals surface area contributed by atoms with Crippen LogP contribution in [-0.4, -0.2) is 31.8 Å². The molecule has 0 aliphatic heterocycles. The first-order valence-corrected chi connectivity index (χ1v) is 7.86. The minimum absolute atomic E-state index is 0.114. The van der Waals surface area contributed by atoms with Crippen LogP contribution in [0.15, 0.2) is 42.6 Å². The summed E-state index contributed by atoms with van der Waals surface area (Å²) in [5.74, 6) is 0.389. The summed E-state index contributed by atoms with van der Waals surface area (Å²) in [5, 5.41) is 0. The Balaban J connectivity index is 2.05. The molecular formula is C14H16FN3O3S. The molecular weight excluding hydrogens is 309 g/mol. The van der Waals surface area contributed by atoms with Gasteiger partial charge >= 0.3 is 0 Å². The normalized spacial score (nSPS) is 11.6. The van der Waals surface area contributed by atoms with E-state index in [1.165, 1.54) is 44.6 Å². The van der Waals surface area contributed by atoms with Crippen LogP contribution in [0.1, 0.15) is 5.56 Å². The van der Waals surface area contributed by atoms with E-state index < -0.39 is 10.2 Å². The molecule has 1 aromatic carbocycles. The molecule has 1 heterocycles. The van der Waals surface area contributed by atoms with E-state index in [4.69, 9.17) is 4.74 Å². The number of rotatable bonds is 6. The van der Waals surface area contributed by atoms with Crippen molar-refractivity contribution in [1.29, 1.82) is 0 Å². The van der Waals surface area contributed by atoms with Crippen molar-refractivity contribution in [3.05, 3.63) is 54.0 Å². The van der Waals surface area contributed by atoms with Crippen molar-refractivity contribution in [2.75, 3.05) is 14.1 Å². The van der Waals surface area contributed by atoms with E-state index in [1.54, 1.807) is 12.1 Å². The van der Waals surface area contributed by atoms with Crippen molar-refractivity contribution in [3.8, 4) is 11.6 Å². The molecule has 0 aliphatic carbocycles. The molecule has 8 heteroatoms. The summed E-state index contributed by atoms with van der Waals surface area (Å²) in [7, 11) is -0.608. The lowest BCUT2D eigenvalue weighted by molar-refractivity contribution is 0.460. The highest BCUT2D eigenvalue weighted by molar-refractivity contribution is 7.87. The first kappa shape index (κ1) is 16.3. The van der Waals surface area contributed by atoms with Gasteiger partial charge in [0.2, 0.25) is 5.88 Å². The smallest absolute Gasteiger partial charge is 0.279 e. The second-order valence-corrected chi connectivity index (χ2v) is 6.64. The van der Waals surface area contributed by atoms with Gasteiger partial charge < -0.3 is 4.74 Å². The van der Waals surface area contributed by atoms with Gasteiger partial charge in [-0.2, -0.15) is 17.4 Å². The fourth-order valence-corrected chi connectivity index (χ4v) is 2.15. The molecule has 0 fully saturated rings. The zero-order valence-corrected chi connectivity index (χ0v) is 13.0. The van der Waals surface area contributed by atoms with Gasteiger partial charge in [0.25, 0.3) is 10.2 Å². The van der Waals surface area contributed by atoms with E-state index in [2.05, 4.69) is 9.71 Å². The lowest BCUT2D eigenvalue weighted by Crippen LogP contribution is -2.35. The Morgan fingerprint density at radius 2 is 1.91 bits per heavy atom. The molecule has 0 aliphatic rings. The van der Waals surface area contributed by atoms with Crippen LogP contribution in [0.4, 0.5) is 4.39 Å². The van der Waals surface area contributed by atoms with Gasteiger partial charge in [-0.3, -0.25) is 0 Å². The topological polar surface area (TPSA) is 71.5 Å². The van der Waals surface area contributed by atoms with Crippen molar-refractivity contribution in [1.82, 2.24) is 14.0 Å². The number of nitrogens with zero attached hydrogens (tertiary/aromatic N) is 2. The first-order valence-electron chi connectivity index (χ1n) is 6.42. The van der Waals surface area contributed by atoms with Crippen LogP contribution >= 0.6 is 0 Å². The van der Waals surface area contributed by atoms with Crippen LogP contribution in [0.25, 0.3) is 0 Å². The highest BCUT2D eigenvalue weighted by Crippen LogP contribution is 2.20. The van der Waals surface area contributed by atoms with E-state index >= 15 is 0 Å². The molecule has 0 bridgehead atoms. The largest absolute Gasteiger partial charge is 0.439 e. The molecule has 118 valence electrons. The SMILES string of the molecule is CN(C)S(=O)(=O)NCc1ccnc(Oc2ccc(F)cc2)c1. The zero-order valence-electron chi connectivity index (χ0n) is 12.2. The molecule has 0 unspecified atom stereocenters. The Morgan fingerprint density at radius 3 is 2.55 bits per heavy atom. The average Bonchev–Trinajstić information content (AvgIpc) is 2.48. The molecule has 2 aromatic rings. The maximum Gasteiger partial charge on any atom is 0.279 e. The molecule has 1 N–H and O–H groups in total. The lowest BCUT2D eigenvalue weighted by Gasteiger charge is -2.12. The lowest BCUT2D eigenvalue weighted by atomic mass is 10.3. The molecule has 0 radical (unpaired) electrons. The van der Waals surface area contributed by atoms with Gasteiger partial charge in [-0.1, -0.05) is 0 Å². The number of pyridine rings is 1. The second kappa shape index (κ2) is 6.82. The number of hydrogen-bond donors (Lipinski definition) is 1. The number of hydrogen-bond acceptors (Lipinski definition) is 4. The maximum atomic E-state index is 12.8. The molecule has 0 atom stereocenters. The summed E-state index contributed by atoms with van der Waals surface area (Å²) in [4.78, 5) is 4.03. The Morgan fingerprint density at radius 1 is 1.23 bits per heavy atom. The summed E-state index contributed by atoms with van der Waals surface area (Å²) in [6.45, 7) is 0.114. The van der Waals surface area contributed by atoms with Gasteiger partial charge in [0, 0.05) is 32.9 Å². The average molecular weight is 325 g/mol. The van der Waals surface area contributed by atoms with Crippen molar-refractivity contribution in [2.45, 2.75) is 6.54 Å². The Hall–Kier alpha value is -2.03. The van der Waals surface area contributed by atoms with Gasteiger partial charge in [-0.25, -0.2) is 9.37 Å². The van der Waals surface area contributed by atoms with E-state index in [9.17, 15) is 12.8 Å². The molecule has 0 saturated carbocycles. The fourth-order valence-electron chi connectivity index (χ4n) is 1.54. The third-order valence-corrected chi connectivity index (χ3v) is 4.25. The van der Waals surface area contributed by atoms with Crippen LogP contribution in [0.5, 0.6) is 11.6 Å². The third kappa shape index (κ3) is 4.48. The zero-order chi connectivity index (χ0) is 16.2. The van der Waals surface area contributed by atoms with Crippen LogP contribution in [0, 0.1) is 5.82 Å². The standard InChI is InChI=1S/C14H16FN3O3S/c1-18(2)22(19,20)17-10-11-7-8-16-14(9-11)21-13-5-3-12(15)4-6-13/h3-9,17H,10H2,1-2H3. The highest BCUT2D eigenvalue weighted by atomic mass is 32.2.